The predicted octanol–water partition coefficient (Wildman–Crippen LogP) is 2.94. The standard InChI is InChI=1S/C15H12ClN3O2/c1-19-7-6-10(8-12(19)20)14-13(15(17)21-18-14)9-2-4-11(16)5-3-9/h2-8H,17H2,1H3. The Morgan fingerprint density at radius 3 is 2.57 bits per heavy atom. The van der Waals surface area contributed by atoms with Gasteiger partial charge in [0.05, 0.1) is 5.56 Å². The second-order valence-electron chi connectivity index (χ2n) is 4.64. The number of aryl methyl sites for hydroxylation is 1. The number of anilines is 1. The first kappa shape index (κ1) is 13.5. The van der Waals surface area contributed by atoms with E-state index in [-0.39, 0.29) is 11.4 Å². The van der Waals surface area contributed by atoms with Crippen LogP contribution in [0.2, 0.25) is 5.02 Å². The van der Waals surface area contributed by atoms with E-state index < -0.39 is 0 Å². The lowest BCUT2D eigenvalue weighted by Crippen LogP contribution is -2.14. The summed E-state index contributed by atoms with van der Waals surface area (Å²) in [5.74, 6) is 0.202. The first-order chi connectivity index (χ1) is 10.1. The molecule has 0 amide bonds. The summed E-state index contributed by atoms with van der Waals surface area (Å²) in [6, 6.07) is 10.5. The summed E-state index contributed by atoms with van der Waals surface area (Å²) in [5, 5.41) is 4.60. The Labute approximate surface area is 125 Å². The highest BCUT2D eigenvalue weighted by atomic mass is 35.5. The molecule has 2 heterocycles. The number of halogens is 1. The van der Waals surface area contributed by atoms with Crippen molar-refractivity contribution in [2.24, 2.45) is 7.05 Å². The molecule has 0 atom stereocenters. The lowest BCUT2D eigenvalue weighted by atomic mass is 10.0. The molecule has 0 fully saturated rings. The fourth-order valence-corrected chi connectivity index (χ4v) is 2.22. The smallest absolute Gasteiger partial charge is 0.250 e. The second-order valence-corrected chi connectivity index (χ2v) is 5.08. The number of nitrogens with two attached hydrogens (primary N) is 1. The Kier molecular flexibility index (Phi) is 3.27. The molecule has 0 spiro atoms. The molecule has 0 aliphatic rings. The van der Waals surface area contributed by atoms with E-state index in [0.717, 1.165) is 5.56 Å². The van der Waals surface area contributed by atoms with Crippen LogP contribution < -0.4 is 11.3 Å². The SMILES string of the molecule is Cn1ccc(-c2noc(N)c2-c2ccc(Cl)cc2)cc1=O. The van der Waals surface area contributed by atoms with E-state index >= 15 is 0 Å². The molecule has 0 saturated carbocycles. The molecule has 0 saturated heterocycles. The van der Waals surface area contributed by atoms with Crippen molar-refractivity contribution in [1.82, 2.24) is 9.72 Å². The summed E-state index contributed by atoms with van der Waals surface area (Å²) < 4.78 is 6.57. The highest BCUT2D eigenvalue weighted by Crippen LogP contribution is 2.36. The van der Waals surface area contributed by atoms with Crippen molar-refractivity contribution in [2.45, 2.75) is 0 Å². The molecule has 3 aromatic rings. The fourth-order valence-electron chi connectivity index (χ4n) is 2.09. The van der Waals surface area contributed by atoms with Crippen molar-refractivity contribution in [2.75, 3.05) is 5.73 Å². The third-order valence-corrected chi connectivity index (χ3v) is 3.48. The molecule has 2 N–H and O–H groups in total. The molecule has 1 aromatic carbocycles. The Balaban J connectivity index is 2.18. The Bertz CT molecular complexity index is 850. The number of hydrogen-bond acceptors (Lipinski definition) is 4. The lowest BCUT2D eigenvalue weighted by molar-refractivity contribution is 0.439. The largest absolute Gasteiger partial charge is 0.367 e. The molecule has 21 heavy (non-hydrogen) atoms. The van der Waals surface area contributed by atoms with Gasteiger partial charge in [-0.2, -0.15) is 0 Å². The third-order valence-electron chi connectivity index (χ3n) is 3.23. The zero-order chi connectivity index (χ0) is 15.0. The van der Waals surface area contributed by atoms with Gasteiger partial charge in [0.15, 0.2) is 0 Å². The third kappa shape index (κ3) is 2.43. The van der Waals surface area contributed by atoms with Crippen LogP contribution >= 0.6 is 11.6 Å². The van der Waals surface area contributed by atoms with Crippen molar-refractivity contribution in [1.29, 1.82) is 0 Å². The van der Waals surface area contributed by atoms with Gasteiger partial charge in [-0.15, -0.1) is 0 Å². The van der Waals surface area contributed by atoms with Crippen LogP contribution in [0.1, 0.15) is 0 Å². The minimum atomic E-state index is -0.129. The van der Waals surface area contributed by atoms with Crippen LogP contribution in [0.5, 0.6) is 0 Å². The van der Waals surface area contributed by atoms with Crippen molar-refractivity contribution in [3.05, 3.63) is 58.0 Å². The maximum atomic E-state index is 11.8. The summed E-state index contributed by atoms with van der Waals surface area (Å²) >= 11 is 5.89. The van der Waals surface area contributed by atoms with E-state index in [4.69, 9.17) is 21.9 Å². The number of rotatable bonds is 2. The Morgan fingerprint density at radius 1 is 1.19 bits per heavy atom. The maximum absolute atomic E-state index is 11.8. The molecule has 106 valence electrons. The average molecular weight is 302 g/mol. The fraction of sp³-hybridized carbons (Fsp3) is 0.0667. The molecule has 0 aliphatic carbocycles. The van der Waals surface area contributed by atoms with Crippen LogP contribution in [-0.4, -0.2) is 9.72 Å². The van der Waals surface area contributed by atoms with Gasteiger partial charge in [-0.05, 0) is 23.8 Å². The van der Waals surface area contributed by atoms with Crippen molar-refractivity contribution in [3.8, 4) is 22.4 Å². The van der Waals surface area contributed by atoms with Crippen LogP contribution in [-0.2, 0) is 7.05 Å². The molecule has 5 nitrogen and oxygen atoms in total. The number of nitrogens with zero attached hydrogens (tertiary/aromatic N) is 2. The molecule has 3 rings (SSSR count). The lowest BCUT2D eigenvalue weighted by Gasteiger charge is -2.04. The first-order valence-electron chi connectivity index (χ1n) is 6.24. The van der Waals surface area contributed by atoms with E-state index in [1.807, 2.05) is 12.1 Å². The number of nitrogen functional groups attached to an aromatic ring is 1. The minimum Gasteiger partial charge on any atom is -0.367 e. The van der Waals surface area contributed by atoms with E-state index in [0.29, 0.717) is 21.8 Å². The normalized spacial score (nSPS) is 10.8. The number of benzene rings is 1. The molecule has 6 heteroatoms. The van der Waals surface area contributed by atoms with Gasteiger partial charge in [0, 0.05) is 29.9 Å². The van der Waals surface area contributed by atoms with Crippen molar-refractivity contribution < 1.29 is 4.52 Å². The van der Waals surface area contributed by atoms with Gasteiger partial charge in [-0.3, -0.25) is 4.79 Å². The van der Waals surface area contributed by atoms with Crippen molar-refractivity contribution >= 4 is 17.5 Å². The highest BCUT2D eigenvalue weighted by Gasteiger charge is 2.17. The number of hydrogen-bond donors (Lipinski definition) is 1. The minimum absolute atomic E-state index is 0.129. The highest BCUT2D eigenvalue weighted by molar-refractivity contribution is 6.30. The molecule has 0 unspecified atom stereocenters. The van der Waals surface area contributed by atoms with Crippen LogP contribution in [0.15, 0.2) is 51.9 Å². The summed E-state index contributed by atoms with van der Waals surface area (Å²) in [5.41, 5.74) is 8.41. The van der Waals surface area contributed by atoms with Crippen molar-refractivity contribution in [3.63, 3.8) is 0 Å². The monoisotopic (exact) mass is 301 g/mol. The topological polar surface area (TPSA) is 74.1 Å². The number of pyridine rings is 1. The van der Waals surface area contributed by atoms with E-state index in [2.05, 4.69) is 5.16 Å². The number of aromatic nitrogens is 2. The molecular formula is C15H12ClN3O2. The first-order valence-corrected chi connectivity index (χ1v) is 6.62. The van der Waals surface area contributed by atoms with Crippen LogP contribution in [0.25, 0.3) is 22.4 Å². The summed E-state index contributed by atoms with van der Waals surface area (Å²) in [6.45, 7) is 0. The van der Waals surface area contributed by atoms with Gasteiger partial charge < -0.3 is 14.8 Å². The molecule has 0 aliphatic heterocycles. The molecule has 0 radical (unpaired) electrons. The maximum Gasteiger partial charge on any atom is 0.250 e. The average Bonchev–Trinajstić information content (AvgIpc) is 2.85. The van der Waals surface area contributed by atoms with E-state index in [1.165, 1.54) is 10.6 Å². The predicted molar refractivity (Wildman–Crippen MR) is 82.0 cm³/mol. The molecule has 2 aromatic heterocycles. The van der Waals surface area contributed by atoms with E-state index in [1.54, 1.807) is 31.4 Å². The second kappa shape index (κ2) is 5.10. The van der Waals surface area contributed by atoms with Gasteiger partial charge in [0.25, 0.3) is 5.56 Å². The molecular weight excluding hydrogens is 290 g/mol. The van der Waals surface area contributed by atoms with E-state index in [9.17, 15) is 4.79 Å². The van der Waals surface area contributed by atoms with Crippen LogP contribution in [0.3, 0.4) is 0 Å². The summed E-state index contributed by atoms with van der Waals surface area (Å²) in [4.78, 5) is 11.8. The van der Waals surface area contributed by atoms with Gasteiger partial charge in [0.1, 0.15) is 5.69 Å². The summed E-state index contributed by atoms with van der Waals surface area (Å²) in [7, 11) is 1.68. The summed E-state index contributed by atoms with van der Waals surface area (Å²) in [6.07, 6.45) is 1.67. The van der Waals surface area contributed by atoms with Crippen LogP contribution in [0, 0.1) is 0 Å². The van der Waals surface area contributed by atoms with Crippen LogP contribution in [0.4, 0.5) is 5.88 Å². The molecule has 0 bridgehead atoms. The zero-order valence-corrected chi connectivity index (χ0v) is 12.0. The van der Waals surface area contributed by atoms with Gasteiger partial charge in [-0.1, -0.05) is 28.9 Å². The van der Waals surface area contributed by atoms with Gasteiger partial charge in [-0.25, -0.2) is 0 Å². The Hall–Kier alpha value is -2.53. The quantitative estimate of drug-likeness (QED) is 0.789. The van der Waals surface area contributed by atoms with Gasteiger partial charge in [0.2, 0.25) is 5.88 Å². The Morgan fingerprint density at radius 2 is 1.90 bits per heavy atom. The van der Waals surface area contributed by atoms with Gasteiger partial charge >= 0.3 is 0 Å². The zero-order valence-electron chi connectivity index (χ0n) is 11.2.